The van der Waals surface area contributed by atoms with Gasteiger partial charge in [0, 0.05) is 13.0 Å². The Labute approximate surface area is 288 Å². The van der Waals surface area contributed by atoms with Gasteiger partial charge in [-0.3, -0.25) is 4.79 Å². The van der Waals surface area contributed by atoms with Crippen molar-refractivity contribution < 1.29 is 47.4 Å². The molecule has 0 heterocycles. The van der Waals surface area contributed by atoms with Crippen molar-refractivity contribution in [2.45, 2.75) is 123 Å². The van der Waals surface area contributed by atoms with E-state index in [1.165, 1.54) is 83.5 Å². The summed E-state index contributed by atoms with van der Waals surface area (Å²) in [5.41, 5.74) is 0. The molecule has 0 N–H and O–H groups in total. The van der Waals surface area contributed by atoms with Gasteiger partial charge < -0.3 is 42.6 Å². The minimum absolute atomic E-state index is 0.126. The molecular weight excluding hydrogens is 604 g/mol. The summed E-state index contributed by atoms with van der Waals surface area (Å²) in [4.78, 5) is 11.8. The molecule has 47 heavy (non-hydrogen) atoms. The highest BCUT2D eigenvalue weighted by molar-refractivity contribution is 5.69. The molecule has 0 saturated carbocycles. The van der Waals surface area contributed by atoms with Crippen molar-refractivity contribution in [1.82, 2.24) is 0 Å². The van der Waals surface area contributed by atoms with Gasteiger partial charge in [-0.25, -0.2) is 0 Å². The summed E-state index contributed by atoms with van der Waals surface area (Å²) >= 11 is 0. The molecule has 282 valence electrons. The average Bonchev–Trinajstić information content (AvgIpc) is 3.08. The number of hydrogen-bond acceptors (Lipinski definition) is 10. The summed E-state index contributed by atoms with van der Waals surface area (Å²) in [5.74, 6) is -0.126. The summed E-state index contributed by atoms with van der Waals surface area (Å²) in [5, 5.41) is 0. The molecule has 0 aromatic carbocycles. The minimum Gasteiger partial charge on any atom is -0.463 e. The molecule has 0 rings (SSSR count). The first-order valence-corrected chi connectivity index (χ1v) is 19.1. The molecule has 0 atom stereocenters. The highest BCUT2D eigenvalue weighted by atomic mass is 16.6. The Hall–Kier alpha value is -0.850. The van der Waals surface area contributed by atoms with Crippen LogP contribution in [-0.4, -0.2) is 118 Å². The number of carbonyl (C=O) groups is 1. The summed E-state index contributed by atoms with van der Waals surface area (Å²) in [6.45, 7) is 13.4. The zero-order valence-corrected chi connectivity index (χ0v) is 30.6. The zero-order valence-electron chi connectivity index (χ0n) is 30.6. The first-order chi connectivity index (χ1) is 23.3. The third-order valence-electron chi connectivity index (χ3n) is 7.47. The Kier molecular flexibility index (Phi) is 42.4. The molecule has 10 nitrogen and oxygen atoms in total. The van der Waals surface area contributed by atoms with E-state index in [0.29, 0.717) is 112 Å². The number of ether oxygens (including phenoxy) is 9. The number of esters is 1. The lowest BCUT2D eigenvalue weighted by Crippen LogP contribution is -2.15. The Bertz CT molecular complexity index is 581. The van der Waals surface area contributed by atoms with Crippen molar-refractivity contribution in [2.24, 2.45) is 0 Å². The van der Waals surface area contributed by atoms with Gasteiger partial charge >= 0.3 is 5.97 Å². The van der Waals surface area contributed by atoms with Crippen molar-refractivity contribution in [3.8, 4) is 0 Å². The predicted octanol–water partition coefficient (Wildman–Crippen LogP) is 7.33. The molecule has 0 aromatic heterocycles. The quantitative estimate of drug-likeness (QED) is 0.0482. The molecular formula is C37H74O10. The second-order valence-corrected chi connectivity index (χ2v) is 11.8. The maximum absolute atomic E-state index is 11.8. The van der Waals surface area contributed by atoms with Crippen molar-refractivity contribution in [2.75, 3.05) is 112 Å². The molecule has 0 saturated heterocycles. The van der Waals surface area contributed by atoms with Gasteiger partial charge in [0.1, 0.15) is 6.61 Å². The monoisotopic (exact) mass is 679 g/mol. The van der Waals surface area contributed by atoms with E-state index >= 15 is 0 Å². The largest absolute Gasteiger partial charge is 0.463 e. The maximum atomic E-state index is 11.8. The lowest BCUT2D eigenvalue weighted by Gasteiger charge is -2.09. The van der Waals surface area contributed by atoms with Crippen LogP contribution in [0.25, 0.3) is 0 Å². The molecule has 0 aromatic rings. The van der Waals surface area contributed by atoms with Gasteiger partial charge in [-0.1, -0.05) is 104 Å². The van der Waals surface area contributed by atoms with Crippen LogP contribution in [0.1, 0.15) is 123 Å². The second-order valence-electron chi connectivity index (χ2n) is 11.8. The molecule has 10 heteroatoms. The molecule has 0 spiro atoms. The van der Waals surface area contributed by atoms with Gasteiger partial charge in [0.25, 0.3) is 0 Å². The third-order valence-corrected chi connectivity index (χ3v) is 7.47. The molecule has 0 fully saturated rings. The van der Waals surface area contributed by atoms with Crippen LogP contribution >= 0.6 is 0 Å². The number of carbonyl (C=O) groups excluding carboxylic acids is 1. The standard InChI is InChI=1S/C37H74O10/c1-3-5-7-8-9-10-11-12-13-14-15-16-17-19-37(38)47-36-35-46-34-33-45-32-31-44-30-29-43-28-27-42-26-25-41-24-23-40-22-21-39-20-18-6-4-2/h3-36H2,1-2H3. The fraction of sp³-hybridized carbons (Fsp3) is 0.973. The first kappa shape index (κ1) is 46.1. The smallest absolute Gasteiger partial charge is 0.305 e. The van der Waals surface area contributed by atoms with Crippen molar-refractivity contribution in [3.05, 3.63) is 0 Å². The van der Waals surface area contributed by atoms with Crippen LogP contribution in [0, 0.1) is 0 Å². The normalized spacial score (nSPS) is 11.4. The van der Waals surface area contributed by atoms with E-state index in [2.05, 4.69) is 13.8 Å². The second kappa shape index (κ2) is 43.2. The van der Waals surface area contributed by atoms with E-state index in [-0.39, 0.29) is 5.97 Å². The molecule has 0 bridgehead atoms. The summed E-state index contributed by atoms with van der Waals surface area (Å²) in [6, 6.07) is 0. The van der Waals surface area contributed by atoms with Gasteiger partial charge in [-0.05, 0) is 12.8 Å². The summed E-state index contributed by atoms with van der Waals surface area (Å²) in [7, 11) is 0. The summed E-state index contributed by atoms with van der Waals surface area (Å²) < 4.78 is 49.1. The number of rotatable bonds is 42. The first-order valence-electron chi connectivity index (χ1n) is 19.1. The Morgan fingerprint density at radius 2 is 0.553 bits per heavy atom. The average molecular weight is 679 g/mol. The molecule has 0 unspecified atom stereocenters. The van der Waals surface area contributed by atoms with Crippen molar-refractivity contribution in [1.29, 1.82) is 0 Å². The third kappa shape index (κ3) is 43.1. The van der Waals surface area contributed by atoms with E-state index in [0.717, 1.165) is 25.9 Å². The fourth-order valence-electron chi connectivity index (χ4n) is 4.67. The SMILES string of the molecule is CCCCCCCCCCCCCCCC(=O)OCCOCCOCCOCCOCCOCCOCCOCCOCCCCC. The summed E-state index contributed by atoms with van der Waals surface area (Å²) in [6.07, 6.45) is 20.9. The van der Waals surface area contributed by atoms with Gasteiger partial charge in [-0.2, -0.15) is 0 Å². The van der Waals surface area contributed by atoms with Crippen LogP contribution < -0.4 is 0 Å². The van der Waals surface area contributed by atoms with E-state index in [1.54, 1.807) is 0 Å². The lowest BCUT2D eigenvalue weighted by atomic mass is 10.0. The fourth-order valence-corrected chi connectivity index (χ4v) is 4.67. The molecule has 0 aliphatic heterocycles. The number of unbranched alkanes of at least 4 members (excludes halogenated alkanes) is 14. The van der Waals surface area contributed by atoms with Crippen LogP contribution in [0.5, 0.6) is 0 Å². The highest BCUT2D eigenvalue weighted by Gasteiger charge is 2.03. The van der Waals surface area contributed by atoms with Gasteiger partial charge in [0.05, 0.1) is 99.1 Å². The molecule has 0 radical (unpaired) electrons. The van der Waals surface area contributed by atoms with E-state index in [9.17, 15) is 4.79 Å². The van der Waals surface area contributed by atoms with Gasteiger partial charge in [0.15, 0.2) is 0 Å². The Morgan fingerprint density at radius 3 is 0.894 bits per heavy atom. The van der Waals surface area contributed by atoms with E-state index in [4.69, 9.17) is 42.6 Å². The van der Waals surface area contributed by atoms with Crippen LogP contribution in [0.2, 0.25) is 0 Å². The van der Waals surface area contributed by atoms with Crippen LogP contribution in [-0.2, 0) is 47.4 Å². The van der Waals surface area contributed by atoms with Crippen LogP contribution in [0.3, 0.4) is 0 Å². The molecule has 0 amide bonds. The Morgan fingerprint density at radius 1 is 0.298 bits per heavy atom. The van der Waals surface area contributed by atoms with Crippen LogP contribution in [0.4, 0.5) is 0 Å². The minimum atomic E-state index is -0.126. The van der Waals surface area contributed by atoms with E-state index < -0.39 is 0 Å². The highest BCUT2D eigenvalue weighted by Crippen LogP contribution is 2.13. The Balaban J connectivity index is 3.12. The van der Waals surface area contributed by atoms with Gasteiger partial charge in [0.2, 0.25) is 0 Å². The number of hydrogen-bond donors (Lipinski definition) is 0. The van der Waals surface area contributed by atoms with Crippen LogP contribution in [0.15, 0.2) is 0 Å². The topological polar surface area (TPSA) is 100 Å². The zero-order chi connectivity index (χ0) is 34.0. The van der Waals surface area contributed by atoms with E-state index in [1.807, 2.05) is 0 Å². The predicted molar refractivity (Wildman–Crippen MR) is 187 cm³/mol. The molecule has 0 aliphatic carbocycles. The van der Waals surface area contributed by atoms with Crippen molar-refractivity contribution in [3.63, 3.8) is 0 Å². The van der Waals surface area contributed by atoms with Gasteiger partial charge in [-0.15, -0.1) is 0 Å². The van der Waals surface area contributed by atoms with Crippen molar-refractivity contribution >= 4 is 5.97 Å². The maximum Gasteiger partial charge on any atom is 0.305 e. The lowest BCUT2D eigenvalue weighted by molar-refractivity contribution is -0.145. The molecule has 0 aliphatic rings.